The molecule has 0 amide bonds. The maximum absolute atomic E-state index is 14.4. The molecule has 3 aromatic rings. The Balaban J connectivity index is 2.07. The molecule has 0 saturated heterocycles. The highest BCUT2D eigenvalue weighted by Crippen LogP contribution is 2.33. The number of fused-ring (bicyclic) bond motifs is 3. The molecule has 0 radical (unpaired) electrons. The summed E-state index contributed by atoms with van der Waals surface area (Å²) >= 11 is 0. The smallest absolute Gasteiger partial charge is 0.268 e. The van der Waals surface area contributed by atoms with Gasteiger partial charge in [0.05, 0.1) is 16.1 Å². The van der Waals surface area contributed by atoms with E-state index < -0.39 is 10.0 Å². The summed E-state index contributed by atoms with van der Waals surface area (Å²) in [6.07, 6.45) is 0.614. The minimum Gasteiger partial charge on any atom is -0.311 e. The second kappa shape index (κ2) is 5.43. The topological polar surface area (TPSA) is 51.1 Å². The highest BCUT2D eigenvalue weighted by Gasteiger charge is 2.29. The number of halogens is 1. The molecule has 124 valence electrons. The molecule has 0 atom stereocenters. The van der Waals surface area contributed by atoms with Gasteiger partial charge in [0.25, 0.3) is 10.0 Å². The molecule has 24 heavy (non-hydrogen) atoms. The van der Waals surface area contributed by atoms with Gasteiger partial charge in [-0.2, -0.15) is 0 Å². The minimum atomic E-state index is -3.79. The second-order valence-corrected chi connectivity index (χ2v) is 7.86. The highest BCUT2D eigenvalue weighted by atomic mass is 32.2. The number of aromatic nitrogens is 1. The number of nitrogens with one attached hydrogen (secondary N) is 1. The van der Waals surface area contributed by atoms with Crippen molar-refractivity contribution in [3.63, 3.8) is 0 Å². The van der Waals surface area contributed by atoms with Crippen LogP contribution in [0.5, 0.6) is 0 Å². The molecule has 0 bridgehead atoms. The molecule has 2 heterocycles. The lowest BCUT2D eigenvalue weighted by Crippen LogP contribution is -2.27. The largest absolute Gasteiger partial charge is 0.311 e. The van der Waals surface area contributed by atoms with Crippen molar-refractivity contribution in [2.24, 2.45) is 0 Å². The lowest BCUT2D eigenvalue weighted by molar-refractivity contribution is 0.577. The monoisotopic (exact) mass is 344 g/mol. The number of aryl methyl sites for hydroxylation is 1. The van der Waals surface area contributed by atoms with Gasteiger partial charge in [0.2, 0.25) is 0 Å². The summed E-state index contributed by atoms with van der Waals surface area (Å²) in [5.74, 6) is -0.372. The fraction of sp³-hybridized carbons (Fsp3) is 0.222. The van der Waals surface area contributed by atoms with E-state index in [1.807, 2.05) is 6.92 Å². The molecule has 4 nitrogen and oxygen atoms in total. The Morgan fingerprint density at radius 2 is 1.88 bits per heavy atom. The Morgan fingerprint density at radius 3 is 2.62 bits per heavy atom. The first-order valence-corrected chi connectivity index (χ1v) is 9.28. The number of nitrogens with zero attached hydrogens (tertiary/aromatic N) is 1. The van der Waals surface area contributed by atoms with Gasteiger partial charge in [0.15, 0.2) is 0 Å². The summed E-state index contributed by atoms with van der Waals surface area (Å²) in [6.45, 7) is 3.03. The van der Waals surface area contributed by atoms with Gasteiger partial charge < -0.3 is 5.32 Å². The predicted molar refractivity (Wildman–Crippen MR) is 91.1 cm³/mol. The fourth-order valence-electron chi connectivity index (χ4n) is 3.35. The number of hydrogen-bond donors (Lipinski definition) is 1. The molecular weight excluding hydrogens is 327 g/mol. The van der Waals surface area contributed by atoms with E-state index in [1.165, 1.54) is 10.0 Å². The molecule has 0 fully saturated rings. The van der Waals surface area contributed by atoms with E-state index in [0.717, 1.165) is 11.1 Å². The lowest BCUT2D eigenvalue weighted by Gasteiger charge is -2.17. The Kier molecular flexibility index (Phi) is 3.47. The molecule has 0 saturated carbocycles. The number of hydrogen-bond acceptors (Lipinski definition) is 3. The molecular formula is C18H17FN2O2S. The molecule has 0 unspecified atom stereocenters. The summed E-state index contributed by atoms with van der Waals surface area (Å²) in [5.41, 5.74) is 2.81. The van der Waals surface area contributed by atoms with E-state index in [1.54, 1.807) is 36.4 Å². The first-order chi connectivity index (χ1) is 11.5. The zero-order valence-electron chi connectivity index (χ0n) is 13.2. The summed E-state index contributed by atoms with van der Waals surface area (Å²) in [4.78, 5) is 0.211. The van der Waals surface area contributed by atoms with Gasteiger partial charge in [-0.3, -0.25) is 0 Å². The van der Waals surface area contributed by atoms with Crippen LogP contribution in [0.2, 0.25) is 0 Å². The van der Waals surface area contributed by atoms with Crippen molar-refractivity contribution in [3.05, 3.63) is 65.1 Å². The third-order valence-electron chi connectivity index (χ3n) is 4.51. The zero-order chi connectivity index (χ0) is 16.9. The predicted octanol–water partition coefficient (Wildman–Crippen LogP) is 2.97. The molecule has 1 aliphatic rings. The minimum absolute atomic E-state index is 0.211. The van der Waals surface area contributed by atoms with E-state index in [2.05, 4.69) is 5.32 Å². The number of rotatable bonds is 2. The van der Waals surface area contributed by atoms with Crippen LogP contribution in [-0.2, 0) is 23.0 Å². The standard InChI is InChI=1S/C18H17FN2O2S/c1-12-5-7-13(8-6-12)24(22,23)21-16-4-2-3-15(19)18(16)14-9-10-20-11-17(14)21/h2-8,20H,9-11H2,1H3. The Hall–Kier alpha value is -2.18. The van der Waals surface area contributed by atoms with Gasteiger partial charge in [-0.05, 0) is 49.7 Å². The van der Waals surface area contributed by atoms with Crippen LogP contribution >= 0.6 is 0 Å². The lowest BCUT2D eigenvalue weighted by atomic mass is 10.0. The van der Waals surface area contributed by atoms with Crippen molar-refractivity contribution in [1.29, 1.82) is 0 Å². The van der Waals surface area contributed by atoms with Crippen LogP contribution in [0, 0.1) is 12.7 Å². The van der Waals surface area contributed by atoms with Gasteiger partial charge in [-0.25, -0.2) is 16.8 Å². The molecule has 4 rings (SSSR count). The summed E-state index contributed by atoms with van der Waals surface area (Å²) < 4.78 is 42.1. The summed E-state index contributed by atoms with van der Waals surface area (Å²) in [7, 11) is -3.79. The Morgan fingerprint density at radius 1 is 1.12 bits per heavy atom. The van der Waals surface area contributed by atoms with Gasteiger partial charge in [0.1, 0.15) is 5.82 Å². The SMILES string of the molecule is Cc1ccc(S(=O)(=O)n2c3c(c4c(F)cccc42)CCNC3)cc1. The average molecular weight is 344 g/mol. The van der Waals surface area contributed by atoms with Crippen molar-refractivity contribution in [2.75, 3.05) is 6.54 Å². The molecule has 0 spiro atoms. The van der Waals surface area contributed by atoms with Crippen LogP contribution in [0.3, 0.4) is 0 Å². The van der Waals surface area contributed by atoms with E-state index in [4.69, 9.17) is 0 Å². The first kappa shape index (κ1) is 15.4. The molecule has 6 heteroatoms. The third-order valence-corrected chi connectivity index (χ3v) is 6.27. The normalized spacial score (nSPS) is 14.8. The van der Waals surface area contributed by atoms with Crippen LogP contribution in [-0.4, -0.2) is 18.9 Å². The van der Waals surface area contributed by atoms with Crippen LogP contribution in [0.4, 0.5) is 4.39 Å². The Labute approximate surface area is 140 Å². The van der Waals surface area contributed by atoms with Crippen molar-refractivity contribution in [2.45, 2.75) is 24.8 Å². The van der Waals surface area contributed by atoms with Gasteiger partial charge in [-0.15, -0.1) is 0 Å². The average Bonchev–Trinajstić information content (AvgIpc) is 2.91. The maximum Gasteiger partial charge on any atom is 0.268 e. The van der Waals surface area contributed by atoms with Gasteiger partial charge in [0, 0.05) is 11.9 Å². The van der Waals surface area contributed by atoms with Crippen LogP contribution in [0.15, 0.2) is 47.4 Å². The Bertz CT molecular complexity index is 1040. The van der Waals surface area contributed by atoms with Gasteiger partial charge in [-0.1, -0.05) is 23.8 Å². The molecule has 0 aliphatic carbocycles. The van der Waals surface area contributed by atoms with E-state index in [9.17, 15) is 12.8 Å². The van der Waals surface area contributed by atoms with Gasteiger partial charge >= 0.3 is 0 Å². The van der Waals surface area contributed by atoms with E-state index in [0.29, 0.717) is 36.1 Å². The fourth-order valence-corrected chi connectivity index (χ4v) is 4.92. The third kappa shape index (κ3) is 2.17. The zero-order valence-corrected chi connectivity index (χ0v) is 14.0. The van der Waals surface area contributed by atoms with E-state index in [-0.39, 0.29) is 10.7 Å². The summed E-state index contributed by atoms with van der Waals surface area (Å²) in [5, 5.41) is 3.61. The van der Waals surface area contributed by atoms with E-state index >= 15 is 0 Å². The van der Waals surface area contributed by atoms with Crippen LogP contribution in [0.1, 0.15) is 16.8 Å². The first-order valence-electron chi connectivity index (χ1n) is 7.84. The van der Waals surface area contributed by atoms with Crippen molar-refractivity contribution >= 4 is 20.9 Å². The molecule has 1 aromatic heterocycles. The summed E-state index contributed by atoms with van der Waals surface area (Å²) in [6, 6.07) is 11.3. The number of benzene rings is 2. The van der Waals surface area contributed by atoms with Crippen molar-refractivity contribution in [3.8, 4) is 0 Å². The highest BCUT2D eigenvalue weighted by molar-refractivity contribution is 7.90. The second-order valence-electron chi connectivity index (χ2n) is 6.07. The molecule has 1 aliphatic heterocycles. The maximum atomic E-state index is 14.4. The molecule has 1 N–H and O–H groups in total. The quantitative estimate of drug-likeness (QED) is 0.778. The van der Waals surface area contributed by atoms with Crippen molar-refractivity contribution in [1.82, 2.24) is 9.29 Å². The van der Waals surface area contributed by atoms with Crippen LogP contribution in [0.25, 0.3) is 10.9 Å². The van der Waals surface area contributed by atoms with Crippen LogP contribution < -0.4 is 5.32 Å². The van der Waals surface area contributed by atoms with Crippen molar-refractivity contribution < 1.29 is 12.8 Å². The molecule has 2 aromatic carbocycles.